The first-order valence-corrected chi connectivity index (χ1v) is 13.3. The van der Waals surface area contributed by atoms with Crippen molar-refractivity contribution in [1.82, 2.24) is 4.98 Å². The van der Waals surface area contributed by atoms with Crippen LogP contribution in [0.2, 0.25) is 0 Å². The Hall–Kier alpha value is -1.72. The summed E-state index contributed by atoms with van der Waals surface area (Å²) in [5.74, 6) is -4.32. The molecule has 3 rings (SSSR count). The molecule has 10 heteroatoms. The number of esters is 1. The molecule has 7 atom stereocenters. The summed E-state index contributed by atoms with van der Waals surface area (Å²) in [6, 6.07) is 0. The first-order valence-electron chi connectivity index (χ1n) is 12.4. The van der Waals surface area contributed by atoms with E-state index >= 15 is 4.39 Å². The molecule has 2 fully saturated rings. The maximum Gasteiger partial charge on any atom is 0.309 e. The molecule has 0 saturated carbocycles. The number of carbonyl (C=O) groups excluding carboxylic acids is 2. The van der Waals surface area contributed by atoms with Gasteiger partial charge in [-0.3, -0.25) is 9.59 Å². The Morgan fingerprint density at radius 2 is 2.03 bits per heavy atom. The number of aryl methyl sites for hydroxylation is 1. The van der Waals surface area contributed by atoms with Gasteiger partial charge in [-0.1, -0.05) is 27.7 Å². The summed E-state index contributed by atoms with van der Waals surface area (Å²) in [4.78, 5) is 30.6. The van der Waals surface area contributed by atoms with Crippen molar-refractivity contribution in [3.8, 4) is 0 Å². The van der Waals surface area contributed by atoms with Crippen molar-refractivity contribution in [3.05, 3.63) is 21.7 Å². The molecule has 202 valence electrons. The van der Waals surface area contributed by atoms with Gasteiger partial charge >= 0.3 is 5.97 Å². The van der Waals surface area contributed by atoms with Crippen molar-refractivity contribution in [1.29, 1.82) is 0 Å². The van der Waals surface area contributed by atoms with Crippen LogP contribution < -0.4 is 0 Å². The van der Waals surface area contributed by atoms with Gasteiger partial charge in [0, 0.05) is 23.6 Å². The molecule has 0 amide bonds. The van der Waals surface area contributed by atoms with Gasteiger partial charge in [0.15, 0.2) is 0 Å². The van der Waals surface area contributed by atoms with Crippen LogP contribution in [-0.2, 0) is 23.8 Å². The molecule has 0 spiro atoms. The predicted octanol–water partition coefficient (Wildman–Crippen LogP) is 3.62. The van der Waals surface area contributed by atoms with Gasteiger partial charge in [-0.15, -0.1) is 11.3 Å². The minimum Gasteiger partial charge on any atom is -0.458 e. The molecule has 0 aromatic carbocycles. The topological polar surface area (TPSA) is 118 Å². The summed E-state index contributed by atoms with van der Waals surface area (Å²) in [6.07, 6.45) is -2.28. The third-order valence-corrected chi connectivity index (χ3v) is 8.06. The maximum absolute atomic E-state index is 15.1. The van der Waals surface area contributed by atoms with Crippen LogP contribution in [0.5, 0.6) is 0 Å². The number of ether oxygens (including phenoxy) is 3. The summed E-state index contributed by atoms with van der Waals surface area (Å²) < 4.78 is 31.7. The number of aliphatic hydroxyl groups is 2. The SMILES string of the molecule is CC[C@H]1C(=O)C(C)(C)[C@@H](O)CC(=O)O[C@H](/C(C)=C/c2csc(C)n2)CC2OC2(F)COC[C@H](C)[C@@H]1O. The Morgan fingerprint density at radius 1 is 1.33 bits per heavy atom. The highest BCUT2D eigenvalue weighted by Gasteiger charge is 2.59. The van der Waals surface area contributed by atoms with Crippen LogP contribution in [-0.4, -0.2) is 70.4 Å². The van der Waals surface area contributed by atoms with Crippen LogP contribution in [0.25, 0.3) is 6.08 Å². The minimum absolute atomic E-state index is 0.0379. The van der Waals surface area contributed by atoms with Crippen molar-refractivity contribution in [2.45, 2.75) is 91.1 Å². The quantitative estimate of drug-likeness (QED) is 0.452. The molecular formula is C26H38FNO7S. The summed E-state index contributed by atoms with van der Waals surface area (Å²) in [5.41, 5.74) is 0.0562. The van der Waals surface area contributed by atoms with Crippen molar-refractivity contribution >= 4 is 29.2 Å². The third kappa shape index (κ3) is 6.58. The Morgan fingerprint density at radius 3 is 2.64 bits per heavy atom. The number of fused-ring (bicyclic) bond motifs is 1. The van der Waals surface area contributed by atoms with Crippen LogP contribution in [0, 0.1) is 24.2 Å². The lowest BCUT2D eigenvalue weighted by molar-refractivity contribution is -0.155. The van der Waals surface area contributed by atoms with E-state index in [2.05, 4.69) is 4.98 Å². The maximum atomic E-state index is 15.1. The highest BCUT2D eigenvalue weighted by Crippen LogP contribution is 2.43. The van der Waals surface area contributed by atoms with Crippen LogP contribution in [0.15, 0.2) is 11.0 Å². The van der Waals surface area contributed by atoms with Crippen molar-refractivity contribution in [3.63, 3.8) is 0 Å². The Bertz CT molecular complexity index is 979. The van der Waals surface area contributed by atoms with E-state index in [9.17, 15) is 19.8 Å². The second-order valence-electron chi connectivity index (χ2n) is 10.6. The van der Waals surface area contributed by atoms with E-state index < -0.39 is 59.9 Å². The van der Waals surface area contributed by atoms with Crippen molar-refractivity contribution < 1.29 is 38.4 Å². The van der Waals surface area contributed by atoms with E-state index in [1.165, 1.54) is 11.3 Å². The van der Waals surface area contributed by atoms with Gasteiger partial charge in [0.1, 0.15) is 24.6 Å². The zero-order chi connectivity index (χ0) is 26.8. The standard InChI is InChI=1S/C26H38FNO7S/c1-7-18-23(31)15(3)11-33-13-26(27)21(35-26)9-19(14(2)8-17-12-36-16(4)28-17)34-22(30)10-20(29)25(5,6)24(18)32/h8,12,15,18-21,23,29,31H,7,9-11,13H2,1-6H3/b14-8+/t15-,18+,19-,20-,21?,23-,26?/m0/s1. The fourth-order valence-electron chi connectivity index (χ4n) is 4.57. The molecule has 0 radical (unpaired) electrons. The summed E-state index contributed by atoms with van der Waals surface area (Å²) in [6.45, 7) is 9.98. The molecule has 2 unspecified atom stereocenters. The van der Waals surface area contributed by atoms with E-state index in [0.717, 1.165) is 5.01 Å². The number of nitrogens with zero attached hydrogens (tertiary/aromatic N) is 1. The van der Waals surface area contributed by atoms with E-state index in [4.69, 9.17) is 14.2 Å². The predicted molar refractivity (Wildman–Crippen MR) is 133 cm³/mol. The number of hydrogen-bond donors (Lipinski definition) is 2. The van der Waals surface area contributed by atoms with Gasteiger partial charge in [-0.2, -0.15) is 0 Å². The van der Waals surface area contributed by atoms with Crippen LogP contribution in [0.4, 0.5) is 4.39 Å². The van der Waals surface area contributed by atoms with Gasteiger partial charge < -0.3 is 24.4 Å². The number of ketones is 1. The largest absolute Gasteiger partial charge is 0.458 e. The number of epoxide rings is 1. The van der Waals surface area contributed by atoms with Gasteiger partial charge in [-0.25, -0.2) is 9.37 Å². The lowest BCUT2D eigenvalue weighted by Gasteiger charge is -2.35. The monoisotopic (exact) mass is 527 g/mol. The number of thiazole rings is 1. The molecule has 2 aliphatic rings. The summed E-state index contributed by atoms with van der Waals surface area (Å²) in [5, 5.41) is 24.5. The van der Waals surface area contributed by atoms with E-state index in [-0.39, 0.29) is 25.4 Å². The van der Waals surface area contributed by atoms with Crippen LogP contribution in [0.3, 0.4) is 0 Å². The number of Topliss-reactive ketones (excluding diaryl/α,β-unsaturated/α-hetero) is 1. The van der Waals surface area contributed by atoms with Gasteiger partial charge in [0.05, 0.1) is 41.4 Å². The molecule has 8 nitrogen and oxygen atoms in total. The highest BCUT2D eigenvalue weighted by atomic mass is 32.1. The number of carbonyl (C=O) groups is 2. The van der Waals surface area contributed by atoms with Gasteiger partial charge in [0.25, 0.3) is 5.85 Å². The Labute approximate surface area is 215 Å². The van der Waals surface area contributed by atoms with Crippen molar-refractivity contribution in [2.75, 3.05) is 13.2 Å². The summed E-state index contributed by atoms with van der Waals surface area (Å²) >= 11 is 1.48. The lowest BCUT2D eigenvalue weighted by Crippen LogP contribution is -2.47. The molecule has 3 heterocycles. The molecule has 2 saturated heterocycles. The summed E-state index contributed by atoms with van der Waals surface area (Å²) in [7, 11) is 0. The van der Waals surface area contributed by atoms with E-state index in [1.807, 2.05) is 12.3 Å². The fraction of sp³-hybridized carbons (Fsp3) is 0.731. The molecule has 0 bridgehead atoms. The van der Waals surface area contributed by atoms with Crippen LogP contribution in [0.1, 0.15) is 64.6 Å². The minimum atomic E-state index is -2.02. The average molecular weight is 528 g/mol. The fourth-order valence-corrected chi connectivity index (χ4v) is 5.14. The number of rotatable bonds is 3. The molecule has 1 aromatic heterocycles. The molecular weight excluding hydrogens is 489 g/mol. The van der Waals surface area contributed by atoms with Gasteiger partial charge in [-0.05, 0) is 31.9 Å². The Kier molecular flexibility index (Phi) is 9.09. The molecule has 36 heavy (non-hydrogen) atoms. The lowest BCUT2D eigenvalue weighted by atomic mass is 9.72. The number of aromatic nitrogens is 1. The number of hydrogen-bond acceptors (Lipinski definition) is 9. The zero-order valence-corrected chi connectivity index (χ0v) is 22.6. The molecule has 2 N–H and O–H groups in total. The second-order valence-corrected chi connectivity index (χ2v) is 11.7. The second kappa shape index (κ2) is 11.3. The zero-order valence-electron chi connectivity index (χ0n) is 21.8. The normalized spacial score (nSPS) is 36.8. The first kappa shape index (κ1) is 28.8. The molecule has 0 aliphatic carbocycles. The number of cyclic esters (lactones) is 1. The van der Waals surface area contributed by atoms with Crippen molar-refractivity contribution in [2.24, 2.45) is 17.3 Å². The smallest absolute Gasteiger partial charge is 0.309 e. The Balaban J connectivity index is 1.87. The van der Waals surface area contributed by atoms with E-state index in [1.54, 1.807) is 40.7 Å². The average Bonchev–Trinajstić information content (AvgIpc) is 3.24. The molecule has 2 aliphatic heterocycles. The van der Waals surface area contributed by atoms with E-state index in [0.29, 0.717) is 17.7 Å². The number of halogens is 1. The number of alkyl halides is 1. The third-order valence-electron chi connectivity index (χ3n) is 7.26. The van der Waals surface area contributed by atoms with Gasteiger partial charge in [0.2, 0.25) is 0 Å². The molecule has 1 aromatic rings. The first-order chi connectivity index (χ1) is 16.8. The highest BCUT2D eigenvalue weighted by molar-refractivity contribution is 7.09. The number of aliphatic hydroxyl groups excluding tert-OH is 2. The van der Waals surface area contributed by atoms with Crippen LogP contribution >= 0.6 is 11.3 Å².